The van der Waals surface area contributed by atoms with Crippen LogP contribution in [0.1, 0.15) is 245 Å². The molecule has 8 heteroatoms. The summed E-state index contributed by atoms with van der Waals surface area (Å²) in [5.74, 6) is 2.42. The second-order valence-corrected chi connectivity index (χ2v) is 41.9. The van der Waals surface area contributed by atoms with Gasteiger partial charge in [0.15, 0.2) is 37.2 Å². The number of rotatable bonds is 11. The van der Waals surface area contributed by atoms with Crippen molar-refractivity contribution in [2.45, 2.75) is 245 Å². The van der Waals surface area contributed by atoms with E-state index in [1.165, 1.54) is 205 Å². The number of halogens is 2. The van der Waals surface area contributed by atoms with Crippen LogP contribution in [0, 0.1) is 150 Å². The Kier molecular flexibility index (Phi) is 33.1. The molecule has 0 atom stereocenters. The van der Waals surface area contributed by atoms with E-state index in [0.717, 1.165) is 55.5 Å². The minimum atomic E-state index is -0.118. The van der Waals surface area contributed by atoms with Crippen molar-refractivity contribution in [2.75, 3.05) is 0 Å². The van der Waals surface area contributed by atoms with E-state index in [9.17, 15) is 8.78 Å². The Labute approximate surface area is 837 Å². The summed E-state index contributed by atoms with van der Waals surface area (Å²) in [7, 11) is 12.6. The van der Waals surface area contributed by atoms with E-state index in [1.807, 2.05) is 71.5 Å². The lowest BCUT2D eigenvalue weighted by molar-refractivity contribution is -0.659. The molecule has 18 rings (SSSR count). The molecule has 0 aliphatic rings. The fraction of sp³-hybridized carbons (Fsp3) is 0.318. The van der Waals surface area contributed by atoms with Crippen LogP contribution in [-0.4, -0.2) is 0 Å². The van der Waals surface area contributed by atoms with E-state index in [1.54, 1.807) is 0 Å². The second kappa shape index (κ2) is 43.8. The maximum absolute atomic E-state index is 14.9. The predicted octanol–water partition coefficient (Wildman–Crippen LogP) is 32.7. The third-order valence-corrected chi connectivity index (χ3v) is 29.4. The number of pyridine rings is 6. The molecule has 0 saturated heterocycles. The maximum atomic E-state index is 14.9. The van der Waals surface area contributed by atoms with Crippen LogP contribution < -0.4 is 27.4 Å². The Morgan fingerprint density at radius 1 is 0.193 bits per heavy atom. The zero-order valence-electron chi connectivity index (χ0n) is 90.3. The lowest BCUT2D eigenvalue weighted by Gasteiger charge is -2.18. The number of hydrogen-bond acceptors (Lipinski definition) is 0. The Morgan fingerprint density at radius 2 is 0.464 bits per heavy atom. The smallest absolute Gasteiger partial charge is 0.206 e. The van der Waals surface area contributed by atoms with Crippen molar-refractivity contribution in [3.63, 3.8) is 0 Å². The Balaban J connectivity index is 0.000000150. The fourth-order valence-electron chi connectivity index (χ4n) is 20.4. The van der Waals surface area contributed by atoms with E-state index in [2.05, 4.69) is 443 Å². The van der Waals surface area contributed by atoms with Gasteiger partial charge in [0, 0.05) is 36.4 Å². The summed E-state index contributed by atoms with van der Waals surface area (Å²) in [4.78, 5) is 0. The lowest BCUT2D eigenvalue weighted by atomic mass is 9.86. The molecule has 0 saturated carbocycles. The number of aromatic nitrogens is 6. The Hall–Kier alpha value is -13.0. The number of aryl methyl sites for hydroxylation is 19. The summed E-state index contributed by atoms with van der Waals surface area (Å²) in [6, 6.07) is 73.7. The van der Waals surface area contributed by atoms with Gasteiger partial charge in [0.2, 0.25) is 34.2 Å². The molecule has 0 aliphatic carbocycles. The molecule has 18 aromatic rings. The molecular formula is C132H156F2N6+6. The van der Waals surface area contributed by atoms with Gasteiger partial charge >= 0.3 is 0 Å². The van der Waals surface area contributed by atoms with Crippen LogP contribution in [0.2, 0.25) is 0 Å². The van der Waals surface area contributed by atoms with Crippen molar-refractivity contribution in [3.8, 4) is 67.5 Å². The standard InChI is InChI=1S/C25H32N.C22H25FN.2C22H26N.C20H21FN.C20H22N.CH4/c1-15(2)21-13-20-9-10-26(8)25(24(20)14-22(21)16(3)4)23-12-17(5)11-18(6)19(23)7;1-13(2)18-8-7-17-9-10-24(6)22(20(17)12-18)19-11-14(3)21(23)16(5)15(19)4;1-14(2)18-7-8-20-19(13-18)9-10-23(6)22(20)21-12-15(3)11-16(4)17(21)5;1-14(2)19-8-7-18-9-10-23(6)22(21(18)13-19)20-12-15(3)11-16(4)17(20)5;1-12-6-7-16-8-9-22(5)20(17(16)10-12)18-15(4)13(2)11-14(3)19(18)21;1-13-6-7-17-8-9-21(5)20(19(17)11-13)18-12-14(2)10-15(3)16(18)4;/h9-16H,1-8H3;7-13H,1-6H3;2*7-14H,1-6H3;6-11H,1-5H3;6-12H,1-5H3;1H4/q6*+1;. The van der Waals surface area contributed by atoms with Gasteiger partial charge in [-0.3, -0.25) is 0 Å². The summed E-state index contributed by atoms with van der Waals surface area (Å²) >= 11 is 0. The molecule has 0 N–H and O–H groups in total. The van der Waals surface area contributed by atoms with E-state index < -0.39 is 0 Å². The van der Waals surface area contributed by atoms with E-state index >= 15 is 0 Å². The zero-order chi connectivity index (χ0) is 101. The highest BCUT2D eigenvalue weighted by Gasteiger charge is 2.29. The van der Waals surface area contributed by atoms with Crippen molar-refractivity contribution in [1.29, 1.82) is 0 Å². The lowest BCUT2D eigenvalue weighted by Crippen LogP contribution is -2.31. The van der Waals surface area contributed by atoms with Gasteiger partial charge in [-0.1, -0.05) is 207 Å². The first-order chi connectivity index (χ1) is 65.6. The van der Waals surface area contributed by atoms with Gasteiger partial charge < -0.3 is 0 Å². The molecule has 0 aliphatic heterocycles. The van der Waals surface area contributed by atoms with Crippen molar-refractivity contribution >= 4 is 64.6 Å². The van der Waals surface area contributed by atoms with Crippen molar-refractivity contribution in [3.05, 3.63) is 388 Å². The first-order valence-electron chi connectivity index (χ1n) is 50.0. The maximum Gasteiger partial charge on any atom is 0.223 e. The average Bonchev–Trinajstić information content (AvgIpc) is 0.767. The number of benzene rings is 12. The molecule has 6 aromatic heterocycles. The summed E-state index contributed by atoms with van der Waals surface area (Å²) < 4.78 is 42.4. The third-order valence-electron chi connectivity index (χ3n) is 29.4. The predicted molar refractivity (Wildman–Crippen MR) is 595 cm³/mol. The number of nitrogens with zero attached hydrogens (tertiary/aromatic N) is 6. The fourth-order valence-corrected chi connectivity index (χ4v) is 20.4. The van der Waals surface area contributed by atoms with E-state index in [4.69, 9.17) is 0 Å². The van der Waals surface area contributed by atoms with Gasteiger partial charge in [0.05, 0.1) is 65.7 Å². The summed E-state index contributed by atoms with van der Waals surface area (Å²) in [5, 5.41) is 15.3. The van der Waals surface area contributed by atoms with Crippen LogP contribution in [0.4, 0.5) is 8.78 Å². The molecule has 6 nitrogen and oxygen atoms in total. The molecule has 0 unspecified atom stereocenters. The van der Waals surface area contributed by atoms with Gasteiger partial charge in [-0.2, -0.15) is 0 Å². The highest BCUT2D eigenvalue weighted by Crippen LogP contribution is 2.42. The molecule has 140 heavy (non-hydrogen) atoms. The van der Waals surface area contributed by atoms with Gasteiger partial charge in [-0.05, 0) is 373 Å². The topological polar surface area (TPSA) is 23.3 Å². The third kappa shape index (κ3) is 22.2. The Morgan fingerprint density at radius 3 is 0.821 bits per heavy atom. The van der Waals surface area contributed by atoms with E-state index in [0.29, 0.717) is 40.7 Å². The average molecular weight is 1860 g/mol. The molecule has 6 heterocycles. The minimum absolute atomic E-state index is 0. The highest BCUT2D eigenvalue weighted by atomic mass is 19.1. The molecule has 0 spiro atoms. The quantitative estimate of drug-likeness (QED) is 0.115. The normalized spacial score (nSPS) is 11.3. The number of hydrogen-bond donors (Lipinski definition) is 0. The molecule has 12 aromatic carbocycles. The molecule has 722 valence electrons. The summed E-state index contributed by atoms with van der Waals surface area (Å²) in [6.07, 6.45) is 12.8. The molecule has 0 radical (unpaired) electrons. The molecule has 0 fully saturated rings. The van der Waals surface area contributed by atoms with Crippen LogP contribution in [0.15, 0.2) is 237 Å². The van der Waals surface area contributed by atoms with Crippen molar-refractivity contribution < 1.29 is 36.2 Å². The van der Waals surface area contributed by atoms with Crippen LogP contribution in [0.5, 0.6) is 0 Å². The van der Waals surface area contributed by atoms with E-state index in [-0.39, 0.29) is 19.1 Å². The zero-order valence-corrected chi connectivity index (χ0v) is 90.3. The van der Waals surface area contributed by atoms with Gasteiger partial charge in [0.1, 0.15) is 53.9 Å². The van der Waals surface area contributed by atoms with Gasteiger partial charge in [-0.25, -0.2) is 36.2 Å². The minimum Gasteiger partial charge on any atom is -0.206 e. The molecule has 0 amide bonds. The largest absolute Gasteiger partial charge is 0.223 e. The van der Waals surface area contributed by atoms with Crippen LogP contribution in [-0.2, 0) is 42.3 Å². The monoisotopic (exact) mass is 1860 g/mol. The number of fused-ring (bicyclic) bond motifs is 6. The van der Waals surface area contributed by atoms with Crippen molar-refractivity contribution in [2.24, 2.45) is 42.3 Å². The van der Waals surface area contributed by atoms with Crippen molar-refractivity contribution in [1.82, 2.24) is 0 Å². The first-order valence-corrected chi connectivity index (χ1v) is 50.0. The summed E-state index contributed by atoms with van der Waals surface area (Å²) in [5.41, 5.74) is 45.6. The molecule has 0 bridgehead atoms. The SMILES string of the molecule is C.Cc1cc(-c2c3cc(C(C)C)ccc3cc[n+]2C)c(C)c(C)c1F.Cc1cc(C)c(C)c(-c2c3cc(C(C)C)c(C(C)C)cc3cc[n+]2C)c1.Cc1cc(C)c(C)c(-c2c3cc(C(C)C)ccc3cc[n+]2C)c1.Cc1cc(C)c(C)c(-c2c3cc(C)ccc3cc[n+]2C)c1.Cc1cc(C)c(C)c(-c2c3ccc(C(C)C)cc3cc[n+]2C)c1.Cc1ccc2cc[n+](C)c(-c3c(C)c(C)cc(C)c3F)c2c1. The highest BCUT2D eigenvalue weighted by molar-refractivity contribution is 6.00. The van der Waals surface area contributed by atoms with Gasteiger partial charge in [0.25, 0.3) is 0 Å². The second-order valence-electron chi connectivity index (χ2n) is 41.9. The van der Waals surface area contributed by atoms with Crippen LogP contribution in [0.25, 0.3) is 132 Å². The molecular weight excluding hydrogens is 1710 g/mol. The van der Waals surface area contributed by atoms with Crippen LogP contribution in [0.3, 0.4) is 0 Å². The van der Waals surface area contributed by atoms with Crippen LogP contribution >= 0.6 is 0 Å². The van der Waals surface area contributed by atoms with Gasteiger partial charge in [-0.15, -0.1) is 0 Å². The summed E-state index contributed by atoms with van der Waals surface area (Å²) in [6.45, 7) is 64.9. The first kappa shape index (κ1) is 106. The Bertz CT molecular complexity index is 7770.